The van der Waals surface area contributed by atoms with Gasteiger partial charge in [0, 0.05) is 11.3 Å². The lowest BCUT2D eigenvalue weighted by atomic mass is 9.68. The fourth-order valence-electron chi connectivity index (χ4n) is 3.73. The first-order valence-electron chi connectivity index (χ1n) is 8.58. The summed E-state index contributed by atoms with van der Waals surface area (Å²) in [6, 6.07) is 8.37. The van der Waals surface area contributed by atoms with Crippen LogP contribution in [0.1, 0.15) is 12.5 Å². The average molecular weight is 394 g/mol. The minimum Gasteiger partial charge on any atom is -0.458 e. The summed E-state index contributed by atoms with van der Waals surface area (Å²) >= 11 is 0. The van der Waals surface area contributed by atoms with Crippen LogP contribution in [0.2, 0.25) is 0 Å². The third-order valence-corrected chi connectivity index (χ3v) is 4.74. The number of primary amides is 1. The first kappa shape index (κ1) is 19.7. The molecule has 1 atom stereocenters. The number of fused-ring (bicyclic) bond motifs is 2. The molecule has 9 heteroatoms. The molecular weight excluding hydrogens is 376 g/mol. The molecule has 3 rings (SSSR count). The molecule has 0 radical (unpaired) electrons. The van der Waals surface area contributed by atoms with Gasteiger partial charge in [0.15, 0.2) is 5.41 Å². The third-order valence-electron chi connectivity index (χ3n) is 4.74. The van der Waals surface area contributed by atoms with Crippen LogP contribution < -0.4 is 16.4 Å². The van der Waals surface area contributed by atoms with Crippen LogP contribution in [-0.2, 0) is 29.3 Å². The van der Waals surface area contributed by atoms with E-state index in [0.717, 1.165) is 4.90 Å². The first-order valence-corrected chi connectivity index (χ1v) is 8.58. The summed E-state index contributed by atoms with van der Waals surface area (Å²) in [5.74, 6) is -2.64. The number of nitrogens with two attached hydrogens (primary N) is 2. The molecule has 1 spiro atoms. The summed E-state index contributed by atoms with van der Waals surface area (Å²) in [6.07, 6.45) is 1.36. The second kappa shape index (κ2) is 7.16. The van der Waals surface area contributed by atoms with E-state index in [0.29, 0.717) is 11.3 Å². The lowest BCUT2D eigenvalue weighted by molar-refractivity contribution is -0.140. The second-order valence-corrected chi connectivity index (χ2v) is 6.40. The van der Waals surface area contributed by atoms with E-state index >= 15 is 0 Å². The number of hydrogen-bond acceptors (Lipinski definition) is 7. The molecule has 0 aliphatic carbocycles. The Kier molecular flexibility index (Phi) is 4.86. The van der Waals surface area contributed by atoms with E-state index in [9.17, 15) is 19.6 Å². The van der Waals surface area contributed by atoms with Crippen LogP contribution in [-0.4, -0.2) is 30.9 Å². The first-order chi connectivity index (χ1) is 13.8. The third kappa shape index (κ3) is 2.73. The van der Waals surface area contributed by atoms with Gasteiger partial charge in [0.25, 0.3) is 0 Å². The topological polar surface area (TPSA) is 149 Å². The van der Waals surface area contributed by atoms with Gasteiger partial charge in [-0.1, -0.05) is 30.9 Å². The molecule has 0 aromatic heterocycles. The summed E-state index contributed by atoms with van der Waals surface area (Å²) in [6.45, 7) is 4.38. The van der Waals surface area contributed by atoms with Crippen molar-refractivity contribution in [2.75, 3.05) is 18.1 Å². The molecule has 2 heterocycles. The normalized spacial score (nSPS) is 20.3. The van der Waals surface area contributed by atoms with Gasteiger partial charge in [0.05, 0.1) is 0 Å². The zero-order chi connectivity index (χ0) is 21.3. The van der Waals surface area contributed by atoms with Crippen molar-refractivity contribution in [1.29, 1.82) is 5.26 Å². The molecule has 0 saturated heterocycles. The summed E-state index contributed by atoms with van der Waals surface area (Å²) < 4.78 is 10.6. The van der Waals surface area contributed by atoms with Gasteiger partial charge in [-0.2, -0.15) is 5.26 Å². The Morgan fingerprint density at radius 2 is 2.10 bits per heavy atom. The van der Waals surface area contributed by atoms with Gasteiger partial charge >= 0.3 is 5.97 Å². The molecular formula is C20H18N4O5. The minimum absolute atomic E-state index is 0.0136. The van der Waals surface area contributed by atoms with Crippen LogP contribution >= 0.6 is 0 Å². The molecule has 0 bridgehead atoms. The van der Waals surface area contributed by atoms with Crippen LogP contribution in [0.25, 0.3) is 0 Å². The predicted octanol–water partition coefficient (Wildman–Crippen LogP) is 0.484. The molecule has 4 N–H and O–H groups in total. The van der Waals surface area contributed by atoms with Gasteiger partial charge in [-0.25, -0.2) is 4.79 Å². The fraction of sp³-hybridized carbons (Fsp3) is 0.200. The molecule has 1 aromatic rings. The van der Waals surface area contributed by atoms with E-state index in [-0.39, 0.29) is 29.4 Å². The number of para-hydroxylation sites is 1. The van der Waals surface area contributed by atoms with E-state index in [1.54, 1.807) is 24.3 Å². The molecule has 0 unspecified atom stereocenters. The average Bonchev–Trinajstić information content (AvgIpc) is 2.90. The van der Waals surface area contributed by atoms with Gasteiger partial charge < -0.3 is 25.8 Å². The number of amides is 2. The highest BCUT2D eigenvalue weighted by molar-refractivity contribution is 6.19. The van der Waals surface area contributed by atoms with Crippen molar-refractivity contribution < 1.29 is 23.9 Å². The predicted molar refractivity (Wildman–Crippen MR) is 101 cm³/mol. The lowest BCUT2D eigenvalue weighted by Crippen LogP contribution is -2.50. The van der Waals surface area contributed by atoms with Crippen molar-refractivity contribution in [3.8, 4) is 6.07 Å². The van der Waals surface area contributed by atoms with E-state index in [1.807, 2.05) is 6.07 Å². The van der Waals surface area contributed by atoms with Gasteiger partial charge in [-0.05, 0) is 13.0 Å². The number of anilines is 1. The molecule has 148 valence electrons. The maximum atomic E-state index is 13.7. The van der Waals surface area contributed by atoms with Crippen molar-refractivity contribution in [2.45, 2.75) is 12.3 Å². The number of hydrogen-bond donors (Lipinski definition) is 2. The quantitative estimate of drug-likeness (QED) is 0.545. The number of carbonyl (C=O) groups excluding carboxylic acids is 3. The Labute approximate surface area is 166 Å². The Morgan fingerprint density at radius 1 is 1.41 bits per heavy atom. The number of carbonyl (C=O) groups is 3. The molecule has 2 aliphatic rings. The zero-order valence-electron chi connectivity index (χ0n) is 15.6. The Hall–Kier alpha value is -4.06. The van der Waals surface area contributed by atoms with Gasteiger partial charge in [0.2, 0.25) is 17.7 Å². The number of rotatable bonds is 5. The minimum atomic E-state index is -1.91. The van der Waals surface area contributed by atoms with Crippen LogP contribution in [0.3, 0.4) is 0 Å². The number of nitriles is 1. The molecule has 0 fully saturated rings. The van der Waals surface area contributed by atoms with E-state index in [1.165, 1.54) is 13.0 Å². The molecule has 2 amide bonds. The Bertz CT molecular complexity index is 1050. The zero-order valence-corrected chi connectivity index (χ0v) is 15.6. The highest BCUT2D eigenvalue weighted by Crippen LogP contribution is 2.53. The van der Waals surface area contributed by atoms with Crippen molar-refractivity contribution in [2.24, 2.45) is 11.5 Å². The monoisotopic (exact) mass is 394 g/mol. The fourth-order valence-corrected chi connectivity index (χ4v) is 3.73. The number of benzene rings is 1. The standard InChI is InChI=1S/C20H18N4O5/c1-3-8-28-18(26)16-11(2)29-17(23)13(9-21)20(16)12-6-4-5-7-14(12)24(19(20)27)10-15(22)25/h3-7H,1,8,10,23H2,2H3,(H2,22,25)/t20-/m0/s1. The molecule has 9 nitrogen and oxygen atoms in total. The van der Waals surface area contributed by atoms with Gasteiger partial charge in [-0.3, -0.25) is 9.59 Å². The smallest absolute Gasteiger partial charge is 0.339 e. The van der Waals surface area contributed by atoms with Gasteiger partial charge in [-0.15, -0.1) is 0 Å². The maximum absolute atomic E-state index is 13.7. The second-order valence-electron chi connectivity index (χ2n) is 6.40. The summed E-state index contributed by atoms with van der Waals surface area (Å²) in [5.41, 5.74) is 9.53. The van der Waals surface area contributed by atoms with Crippen molar-refractivity contribution in [3.63, 3.8) is 0 Å². The Balaban J connectivity index is 2.37. The van der Waals surface area contributed by atoms with E-state index in [4.69, 9.17) is 20.9 Å². The van der Waals surface area contributed by atoms with Crippen molar-refractivity contribution in [1.82, 2.24) is 0 Å². The van der Waals surface area contributed by atoms with Crippen LogP contribution in [0.15, 0.2) is 59.7 Å². The van der Waals surface area contributed by atoms with Crippen molar-refractivity contribution >= 4 is 23.5 Å². The van der Waals surface area contributed by atoms with Crippen molar-refractivity contribution in [3.05, 3.63) is 65.3 Å². The van der Waals surface area contributed by atoms with Crippen LogP contribution in [0.5, 0.6) is 0 Å². The molecule has 1 aromatic carbocycles. The molecule has 29 heavy (non-hydrogen) atoms. The maximum Gasteiger partial charge on any atom is 0.339 e. The summed E-state index contributed by atoms with van der Waals surface area (Å²) in [4.78, 5) is 39.4. The number of nitrogens with zero attached hydrogens (tertiary/aromatic N) is 2. The number of ether oxygens (including phenoxy) is 2. The van der Waals surface area contributed by atoms with Crippen LogP contribution in [0, 0.1) is 11.3 Å². The SMILES string of the molecule is C=CCOC(=O)C1=C(C)OC(N)=C(C#N)[C@]12C(=O)N(CC(N)=O)c1ccccc12. The number of esters is 1. The molecule has 0 saturated carbocycles. The Morgan fingerprint density at radius 3 is 2.72 bits per heavy atom. The summed E-state index contributed by atoms with van der Waals surface area (Å²) in [5, 5.41) is 9.84. The molecule has 2 aliphatic heterocycles. The van der Waals surface area contributed by atoms with E-state index < -0.39 is 29.7 Å². The highest BCUT2D eigenvalue weighted by atomic mass is 16.5. The summed E-state index contributed by atoms with van der Waals surface area (Å²) in [7, 11) is 0. The highest BCUT2D eigenvalue weighted by Gasteiger charge is 2.62. The lowest BCUT2D eigenvalue weighted by Gasteiger charge is -2.34. The number of allylic oxidation sites excluding steroid dienone is 1. The van der Waals surface area contributed by atoms with E-state index in [2.05, 4.69) is 6.58 Å². The largest absolute Gasteiger partial charge is 0.458 e. The van der Waals surface area contributed by atoms with Gasteiger partial charge in [0.1, 0.15) is 36.1 Å². The van der Waals surface area contributed by atoms with Crippen LogP contribution in [0.4, 0.5) is 5.69 Å².